The molecule has 0 saturated carbocycles. The van der Waals surface area contributed by atoms with Gasteiger partial charge in [-0.05, 0) is 20.3 Å². The molecule has 2 N–H and O–H groups in total. The highest BCUT2D eigenvalue weighted by Crippen LogP contribution is 2.14. The highest BCUT2D eigenvalue weighted by atomic mass is 32.1. The van der Waals surface area contributed by atoms with Crippen LogP contribution in [0.25, 0.3) is 0 Å². The quantitative estimate of drug-likeness (QED) is 0.750. The highest BCUT2D eigenvalue weighted by Gasteiger charge is 2.14. The second kappa shape index (κ2) is 7.99. The SMILES string of the molecule is CCCNc1nnc(C(=O)NC(C)COCC)s1. The van der Waals surface area contributed by atoms with Gasteiger partial charge in [-0.25, -0.2) is 0 Å². The Balaban J connectivity index is 2.43. The fourth-order valence-corrected chi connectivity index (χ4v) is 1.91. The second-order valence-corrected chi connectivity index (χ2v) is 4.85. The number of amides is 1. The van der Waals surface area contributed by atoms with Gasteiger partial charge in [0.1, 0.15) is 0 Å². The fourth-order valence-electron chi connectivity index (χ4n) is 1.24. The Morgan fingerprint density at radius 1 is 1.44 bits per heavy atom. The average Bonchev–Trinajstić information content (AvgIpc) is 2.82. The van der Waals surface area contributed by atoms with E-state index in [0.29, 0.717) is 23.4 Å². The molecule has 0 aliphatic carbocycles. The van der Waals surface area contributed by atoms with Crippen LogP contribution in [0, 0.1) is 0 Å². The van der Waals surface area contributed by atoms with Crippen molar-refractivity contribution < 1.29 is 9.53 Å². The van der Waals surface area contributed by atoms with Crippen molar-refractivity contribution in [2.24, 2.45) is 0 Å². The summed E-state index contributed by atoms with van der Waals surface area (Å²) < 4.78 is 5.23. The number of anilines is 1. The molecule has 0 radical (unpaired) electrons. The topological polar surface area (TPSA) is 76.1 Å². The highest BCUT2D eigenvalue weighted by molar-refractivity contribution is 7.17. The summed E-state index contributed by atoms with van der Waals surface area (Å²) in [7, 11) is 0. The van der Waals surface area contributed by atoms with Gasteiger partial charge in [0.25, 0.3) is 5.91 Å². The molecule has 1 aromatic heterocycles. The number of ether oxygens (including phenoxy) is 1. The van der Waals surface area contributed by atoms with Crippen molar-refractivity contribution >= 4 is 22.4 Å². The van der Waals surface area contributed by atoms with Crippen molar-refractivity contribution in [2.45, 2.75) is 33.2 Å². The van der Waals surface area contributed by atoms with Gasteiger partial charge in [-0.3, -0.25) is 4.79 Å². The zero-order valence-electron chi connectivity index (χ0n) is 11.0. The van der Waals surface area contributed by atoms with Crippen molar-refractivity contribution in [3.63, 3.8) is 0 Å². The largest absolute Gasteiger partial charge is 0.380 e. The number of aromatic nitrogens is 2. The van der Waals surface area contributed by atoms with Crippen LogP contribution in [-0.4, -0.2) is 41.9 Å². The van der Waals surface area contributed by atoms with Crippen LogP contribution < -0.4 is 10.6 Å². The van der Waals surface area contributed by atoms with Crippen molar-refractivity contribution in [2.75, 3.05) is 25.1 Å². The van der Waals surface area contributed by atoms with E-state index in [-0.39, 0.29) is 11.9 Å². The van der Waals surface area contributed by atoms with E-state index < -0.39 is 0 Å². The normalized spacial score (nSPS) is 12.2. The summed E-state index contributed by atoms with van der Waals surface area (Å²) in [6.07, 6.45) is 1.01. The molecule has 1 unspecified atom stereocenters. The van der Waals surface area contributed by atoms with Crippen LogP contribution in [0.15, 0.2) is 0 Å². The first-order valence-corrected chi connectivity index (χ1v) is 6.95. The molecule has 0 fully saturated rings. The van der Waals surface area contributed by atoms with E-state index in [2.05, 4.69) is 27.8 Å². The summed E-state index contributed by atoms with van der Waals surface area (Å²) in [4.78, 5) is 11.8. The van der Waals surface area contributed by atoms with Gasteiger partial charge in [0, 0.05) is 19.2 Å². The van der Waals surface area contributed by atoms with Crippen LogP contribution in [0.3, 0.4) is 0 Å². The van der Waals surface area contributed by atoms with Crippen LogP contribution in [0.2, 0.25) is 0 Å². The Morgan fingerprint density at radius 2 is 2.22 bits per heavy atom. The first kappa shape index (κ1) is 14.8. The molecule has 7 heteroatoms. The number of nitrogens with zero attached hydrogens (tertiary/aromatic N) is 2. The van der Waals surface area contributed by atoms with E-state index >= 15 is 0 Å². The standard InChI is InChI=1S/C11H20N4O2S/c1-4-6-12-11-15-14-10(18-11)9(16)13-8(3)7-17-5-2/h8H,4-7H2,1-3H3,(H,12,15)(H,13,16). The zero-order valence-corrected chi connectivity index (χ0v) is 11.8. The summed E-state index contributed by atoms with van der Waals surface area (Å²) in [5.74, 6) is -0.204. The predicted molar refractivity (Wildman–Crippen MR) is 72.1 cm³/mol. The number of hydrogen-bond donors (Lipinski definition) is 2. The number of carbonyl (C=O) groups excluding carboxylic acids is 1. The van der Waals surface area contributed by atoms with E-state index in [9.17, 15) is 4.79 Å². The Kier molecular flexibility index (Phi) is 6.59. The molecule has 0 aliphatic heterocycles. The summed E-state index contributed by atoms with van der Waals surface area (Å²) in [6.45, 7) is 7.86. The van der Waals surface area contributed by atoms with Gasteiger partial charge in [-0.1, -0.05) is 18.3 Å². The summed E-state index contributed by atoms with van der Waals surface area (Å²) in [5, 5.41) is 14.7. The lowest BCUT2D eigenvalue weighted by molar-refractivity contribution is 0.0871. The van der Waals surface area contributed by atoms with Crippen molar-refractivity contribution in [1.29, 1.82) is 0 Å². The minimum atomic E-state index is -0.204. The molecule has 6 nitrogen and oxygen atoms in total. The minimum Gasteiger partial charge on any atom is -0.380 e. The maximum absolute atomic E-state index is 11.8. The Bertz CT molecular complexity index is 370. The lowest BCUT2D eigenvalue weighted by Gasteiger charge is -2.11. The monoisotopic (exact) mass is 272 g/mol. The third-order valence-electron chi connectivity index (χ3n) is 2.09. The smallest absolute Gasteiger partial charge is 0.282 e. The fraction of sp³-hybridized carbons (Fsp3) is 0.727. The molecule has 1 aromatic rings. The van der Waals surface area contributed by atoms with Crippen LogP contribution >= 0.6 is 11.3 Å². The molecule has 1 heterocycles. The third-order valence-corrected chi connectivity index (χ3v) is 2.97. The molecule has 1 rings (SSSR count). The number of carbonyl (C=O) groups is 1. The summed E-state index contributed by atoms with van der Waals surface area (Å²) >= 11 is 1.26. The minimum absolute atomic E-state index is 0.0339. The van der Waals surface area contributed by atoms with E-state index in [1.807, 2.05) is 13.8 Å². The maximum Gasteiger partial charge on any atom is 0.282 e. The van der Waals surface area contributed by atoms with Crippen LogP contribution in [0.5, 0.6) is 0 Å². The molecule has 0 bridgehead atoms. The second-order valence-electron chi connectivity index (χ2n) is 3.87. The summed E-state index contributed by atoms with van der Waals surface area (Å²) in [6, 6.07) is -0.0339. The lowest BCUT2D eigenvalue weighted by atomic mass is 10.3. The molecule has 1 atom stereocenters. The van der Waals surface area contributed by atoms with Crippen LogP contribution in [0.1, 0.15) is 37.0 Å². The van der Waals surface area contributed by atoms with Crippen molar-refractivity contribution in [3.8, 4) is 0 Å². The molecule has 18 heavy (non-hydrogen) atoms. The average molecular weight is 272 g/mol. The maximum atomic E-state index is 11.8. The van der Waals surface area contributed by atoms with Crippen molar-refractivity contribution in [1.82, 2.24) is 15.5 Å². The molecule has 0 spiro atoms. The van der Waals surface area contributed by atoms with E-state index in [4.69, 9.17) is 4.74 Å². The van der Waals surface area contributed by atoms with Crippen LogP contribution in [0.4, 0.5) is 5.13 Å². The van der Waals surface area contributed by atoms with E-state index in [1.165, 1.54) is 11.3 Å². The first-order chi connectivity index (χ1) is 8.67. The van der Waals surface area contributed by atoms with Crippen molar-refractivity contribution in [3.05, 3.63) is 5.01 Å². The van der Waals surface area contributed by atoms with Crippen LogP contribution in [-0.2, 0) is 4.74 Å². The third kappa shape index (κ3) is 4.97. The molecule has 0 aromatic carbocycles. The Morgan fingerprint density at radius 3 is 2.89 bits per heavy atom. The number of nitrogens with one attached hydrogen (secondary N) is 2. The van der Waals surface area contributed by atoms with Gasteiger partial charge in [-0.2, -0.15) is 0 Å². The van der Waals surface area contributed by atoms with E-state index in [1.54, 1.807) is 0 Å². The van der Waals surface area contributed by atoms with Gasteiger partial charge in [-0.15, -0.1) is 10.2 Å². The van der Waals surface area contributed by atoms with Gasteiger partial charge in [0.05, 0.1) is 6.61 Å². The van der Waals surface area contributed by atoms with E-state index in [0.717, 1.165) is 13.0 Å². The predicted octanol–water partition coefficient (Wildman–Crippen LogP) is 1.51. The molecule has 1 amide bonds. The Labute approximate surface area is 111 Å². The Hall–Kier alpha value is -1.21. The van der Waals surface area contributed by atoms with Gasteiger partial charge in [0.15, 0.2) is 0 Å². The van der Waals surface area contributed by atoms with Gasteiger partial charge in [0.2, 0.25) is 10.1 Å². The molecular formula is C11H20N4O2S. The van der Waals surface area contributed by atoms with Gasteiger partial charge < -0.3 is 15.4 Å². The number of hydrogen-bond acceptors (Lipinski definition) is 6. The summed E-state index contributed by atoms with van der Waals surface area (Å²) in [5.41, 5.74) is 0. The molecular weight excluding hydrogens is 252 g/mol. The number of rotatable bonds is 8. The molecule has 0 aliphatic rings. The first-order valence-electron chi connectivity index (χ1n) is 6.13. The molecule has 102 valence electrons. The lowest BCUT2D eigenvalue weighted by Crippen LogP contribution is -2.35. The zero-order chi connectivity index (χ0) is 13.4. The van der Waals surface area contributed by atoms with Gasteiger partial charge >= 0.3 is 0 Å². The molecule has 0 saturated heterocycles.